The molecule has 17 heavy (non-hydrogen) atoms. The number of ether oxygens (including phenoxy) is 2. The van der Waals surface area contributed by atoms with E-state index in [1.54, 1.807) is 0 Å². The van der Waals surface area contributed by atoms with Crippen molar-refractivity contribution in [3.63, 3.8) is 0 Å². The Morgan fingerprint density at radius 3 is 2.18 bits per heavy atom. The Balaban J connectivity index is 4.10. The van der Waals surface area contributed by atoms with Crippen LogP contribution in [-0.2, 0) is 33.4 Å². The maximum absolute atomic E-state index is 10.7. The van der Waals surface area contributed by atoms with E-state index in [4.69, 9.17) is 4.74 Å². The van der Waals surface area contributed by atoms with E-state index in [9.17, 15) is 18.0 Å². The van der Waals surface area contributed by atoms with Crippen LogP contribution >= 0.6 is 0 Å². The number of hydrogen-bond donors (Lipinski definition) is 0. The first-order valence-corrected chi connectivity index (χ1v) is 6.67. The second-order valence-electron chi connectivity index (χ2n) is 3.35. The third-order valence-corrected chi connectivity index (χ3v) is 2.14. The van der Waals surface area contributed by atoms with E-state index < -0.39 is 28.2 Å². The molecule has 0 fully saturated rings. The van der Waals surface area contributed by atoms with Gasteiger partial charge in [-0.25, -0.2) is 0 Å². The third-order valence-electron chi connectivity index (χ3n) is 1.54. The van der Waals surface area contributed by atoms with Gasteiger partial charge in [0, 0.05) is 20.3 Å². The second kappa shape index (κ2) is 7.23. The van der Waals surface area contributed by atoms with Crippen LogP contribution in [0.15, 0.2) is 0 Å². The van der Waals surface area contributed by atoms with Gasteiger partial charge in [0.05, 0.1) is 12.9 Å². The van der Waals surface area contributed by atoms with Gasteiger partial charge in [-0.3, -0.25) is 13.8 Å². The molecule has 0 aromatic heterocycles. The molecule has 0 aromatic carbocycles. The molecule has 7 nitrogen and oxygen atoms in total. The maximum atomic E-state index is 10.7. The van der Waals surface area contributed by atoms with Crippen LogP contribution in [0.5, 0.6) is 0 Å². The highest BCUT2D eigenvalue weighted by atomic mass is 32.2. The van der Waals surface area contributed by atoms with Crippen molar-refractivity contribution < 1.29 is 31.7 Å². The van der Waals surface area contributed by atoms with Crippen molar-refractivity contribution in [2.45, 2.75) is 26.4 Å². The van der Waals surface area contributed by atoms with E-state index in [1.165, 1.54) is 13.8 Å². The van der Waals surface area contributed by atoms with Gasteiger partial charge < -0.3 is 9.47 Å². The lowest BCUT2D eigenvalue weighted by molar-refractivity contribution is -0.156. The lowest BCUT2D eigenvalue weighted by atomic mass is 10.3. The van der Waals surface area contributed by atoms with E-state index in [1.807, 2.05) is 0 Å². The van der Waals surface area contributed by atoms with Gasteiger partial charge >= 0.3 is 11.9 Å². The Hall–Kier alpha value is -1.15. The van der Waals surface area contributed by atoms with Gasteiger partial charge in [0.25, 0.3) is 10.1 Å². The summed E-state index contributed by atoms with van der Waals surface area (Å²) < 4.78 is 35.4. The molecule has 0 aliphatic heterocycles. The van der Waals surface area contributed by atoms with Crippen LogP contribution in [-0.4, -0.2) is 45.9 Å². The quantitative estimate of drug-likeness (QED) is 0.468. The van der Waals surface area contributed by atoms with Gasteiger partial charge in [-0.15, -0.1) is 0 Å². The molecule has 100 valence electrons. The van der Waals surface area contributed by atoms with E-state index in [0.717, 1.165) is 6.26 Å². The van der Waals surface area contributed by atoms with Crippen molar-refractivity contribution >= 4 is 22.1 Å². The van der Waals surface area contributed by atoms with Gasteiger partial charge in [-0.2, -0.15) is 8.42 Å². The van der Waals surface area contributed by atoms with Crippen LogP contribution in [0.4, 0.5) is 0 Å². The van der Waals surface area contributed by atoms with Crippen LogP contribution in [0, 0.1) is 0 Å². The predicted molar refractivity (Wildman–Crippen MR) is 57.6 cm³/mol. The third kappa shape index (κ3) is 11.1. The van der Waals surface area contributed by atoms with Crippen molar-refractivity contribution in [3.05, 3.63) is 0 Å². The summed E-state index contributed by atoms with van der Waals surface area (Å²) in [6, 6.07) is 0. The number of hydrogen-bond acceptors (Lipinski definition) is 7. The number of carbonyl (C=O) groups is 2. The normalized spacial score (nSPS) is 12.9. The molecule has 1 atom stereocenters. The van der Waals surface area contributed by atoms with Crippen molar-refractivity contribution in [1.29, 1.82) is 0 Å². The van der Waals surface area contributed by atoms with Gasteiger partial charge in [0.1, 0.15) is 12.7 Å². The lowest BCUT2D eigenvalue weighted by Crippen LogP contribution is -2.25. The molecule has 0 aromatic rings. The average molecular weight is 268 g/mol. The molecule has 0 heterocycles. The molecule has 0 radical (unpaired) electrons. The Kier molecular flexibility index (Phi) is 6.74. The summed E-state index contributed by atoms with van der Waals surface area (Å²) in [6.07, 6.45) is 0.331. The zero-order chi connectivity index (χ0) is 13.5. The lowest BCUT2D eigenvalue weighted by Gasteiger charge is -2.16. The molecule has 0 N–H and O–H groups in total. The molecular weight excluding hydrogens is 252 g/mol. The SMILES string of the molecule is CC(=O)OCC(CCOS(C)(=O)=O)OC(C)=O. The largest absolute Gasteiger partial charge is 0.462 e. The zero-order valence-electron chi connectivity index (χ0n) is 9.96. The molecule has 0 bridgehead atoms. The summed E-state index contributed by atoms with van der Waals surface area (Å²) >= 11 is 0. The van der Waals surface area contributed by atoms with Gasteiger partial charge in [-0.05, 0) is 0 Å². The summed E-state index contributed by atoms with van der Waals surface area (Å²) in [4.78, 5) is 21.3. The molecule has 0 amide bonds. The Labute approximate surface area is 100 Å². The first kappa shape index (κ1) is 15.9. The minimum atomic E-state index is -3.53. The highest BCUT2D eigenvalue weighted by Crippen LogP contribution is 2.03. The molecular formula is C9H16O7S. The zero-order valence-corrected chi connectivity index (χ0v) is 10.8. The topological polar surface area (TPSA) is 96.0 Å². The standard InChI is InChI=1S/C9H16O7S/c1-7(10)14-6-9(16-8(2)11)4-5-15-17(3,12)13/h9H,4-6H2,1-3H3. The van der Waals surface area contributed by atoms with Crippen molar-refractivity contribution in [1.82, 2.24) is 0 Å². The summed E-state index contributed by atoms with van der Waals surface area (Å²) in [5.41, 5.74) is 0. The number of esters is 2. The van der Waals surface area contributed by atoms with Crippen LogP contribution in [0.2, 0.25) is 0 Å². The van der Waals surface area contributed by atoms with E-state index in [-0.39, 0.29) is 19.6 Å². The minimum Gasteiger partial charge on any atom is -0.462 e. The van der Waals surface area contributed by atoms with Gasteiger partial charge in [0.15, 0.2) is 0 Å². The summed E-state index contributed by atoms with van der Waals surface area (Å²) in [6.45, 7) is 2.16. The first-order valence-electron chi connectivity index (χ1n) is 4.85. The van der Waals surface area contributed by atoms with E-state index in [2.05, 4.69) is 8.92 Å². The minimum absolute atomic E-state index is 0.123. The fourth-order valence-corrected chi connectivity index (χ4v) is 1.35. The van der Waals surface area contributed by atoms with Gasteiger partial charge in [0.2, 0.25) is 0 Å². The Morgan fingerprint density at radius 2 is 1.76 bits per heavy atom. The fraction of sp³-hybridized carbons (Fsp3) is 0.778. The summed E-state index contributed by atoms with van der Waals surface area (Å²) in [5.74, 6) is -1.05. The van der Waals surface area contributed by atoms with Crippen LogP contribution in [0.25, 0.3) is 0 Å². The molecule has 8 heteroatoms. The summed E-state index contributed by atoms with van der Waals surface area (Å²) in [5, 5.41) is 0. The van der Waals surface area contributed by atoms with Crippen molar-refractivity contribution in [2.75, 3.05) is 19.5 Å². The molecule has 1 unspecified atom stereocenters. The fourth-order valence-electron chi connectivity index (χ4n) is 0.952. The molecule has 0 aliphatic carbocycles. The molecule has 0 aliphatic rings. The molecule has 0 saturated carbocycles. The smallest absolute Gasteiger partial charge is 0.303 e. The predicted octanol–water partition coefficient (Wildman–Crippen LogP) is -0.153. The van der Waals surface area contributed by atoms with Crippen LogP contribution < -0.4 is 0 Å². The highest BCUT2D eigenvalue weighted by Gasteiger charge is 2.15. The summed E-state index contributed by atoms with van der Waals surface area (Å²) in [7, 11) is -3.53. The molecule has 0 rings (SSSR count). The highest BCUT2D eigenvalue weighted by molar-refractivity contribution is 7.85. The van der Waals surface area contributed by atoms with E-state index in [0.29, 0.717) is 0 Å². The van der Waals surface area contributed by atoms with Crippen molar-refractivity contribution in [3.8, 4) is 0 Å². The Morgan fingerprint density at radius 1 is 1.18 bits per heavy atom. The average Bonchev–Trinajstić information content (AvgIpc) is 2.10. The Bertz CT molecular complexity index is 360. The van der Waals surface area contributed by atoms with E-state index >= 15 is 0 Å². The number of rotatable bonds is 7. The maximum Gasteiger partial charge on any atom is 0.303 e. The van der Waals surface area contributed by atoms with Crippen molar-refractivity contribution in [2.24, 2.45) is 0 Å². The molecule has 0 spiro atoms. The van der Waals surface area contributed by atoms with Crippen LogP contribution in [0.1, 0.15) is 20.3 Å². The first-order chi connectivity index (χ1) is 7.70. The van der Waals surface area contributed by atoms with Crippen LogP contribution in [0.3, 0.4) is 0 Å². The monoisotopic (exact) mass is 268 g/mol. The molecule has 0 saturated heterocycles. The second-order valence-corrected chi connectivity index (χ2v) is 4.99. The van der Waals surface area contributed by atoms with Gasteiger partial charge in [-0.1, -0.05) is 0 Å². The number of carbonyl (C=O) groups excluding carboxylic acids is 2.